The molecule has 0 spiro atoms. The van der Waals surface area contributed by atoms with Gasteiger partial charge in [0, 0.05) is 24.3 Å². The van der Waals surface area contributed by atoms with Crippen LogP contribution in [-0.4, -0.2) is 27.1 Å². The van der Waals surface area contributed by atoms with Crippen molar-refractivity contribution in [3.63, 3.8) is 0 Å². The highest BCUT2D eigenvalue weighted by atomic mass is 16.5. The summed E-state index contributed by atoms with van der Waals surface area (Å²) in [6.07, 6.45) is 9.68. The first kappa shape index (κ1) is 21.7. The van der Waals surface area contributed by atoms with Gasteiger partial charge in [0.05, 0.1) is 35.2 Å². The zero-order valence-electron chi connectivity index (χ0n) is 20.4. The van der Waals surface area contributed by atoms with Crippen LogP contribution in [0.1, 0.15) is 67.0 Å². The van der Waals surface area contributed by atoms with Crippen molar-refractivity contribution in [3.05, 3.63) is 70.5 Å². The number of hydrogen-bond acceptors (Lipinski definition) is 6. The van der Waals surface area contributed by atoms with E-state index in [1.165, 1.54) is 38.5 Å². The summed E-state index contributed by atoms with van der Waals surface area (Å²) in [5.74, 6) is 2.41. The first-order valence-corrected chi connectivity index (χ1v) is 12.9. The van der Waals surface area contributed by atoms with E-state index in [-0.39, 0.29) is 11.3 Å². The van der Waals surface area contributed by atoms with Crippen molar-refractivity contribution in [2.24, 2.45) is 23.5 Å². The predicted molar refractivity (Wildman–Crippen MR) is 132 cm³/mol. The largest absolute Gasteiger partial charge is 0.420 e. The minimum Gasteiger partial charge on any atom is -0.420 e. The summed E-state index contributed by atoms with van der Waals surface area (Å²) < 4.78 is 13.2. The molecular weight excluding hydrogens is 452 g/mol. The maximum atomic E-state index is 10.3. The van der Waals surface area contributed by atoms with Gasteiger partial charge in [-0.1, -0.05) is 18.2 Å². The lowest BCUT2D eigenvalue weighted by atomic mass is 9.48. The Morgan fingerprint density at radius 2 is 1.86 bits per heavy atom. The van der Waals surface area contributed by atoms with Gasteiger partial charge in [0.25, 0.3) is 0 Å². The van der Waals surface area contributed by atoms with Gasteiger partial charge in [-0.05, 0) is 68.4 Å². The van der Waals surface area contributed by atoms with Gasteiger partial charge in [0.1, 0.15) is 11.6 Å². The molecule has 0 radical (unpaired) electrons. The monoisotopic (exact) mass is 482 g/mol. The van der Waals surface area contributed by atoms with E-state index in [1.54, 1.807) is 7.11 Å². The van der Waals surface area contributed by atoms with Gasteiger partial charge in [-0.15, -0.1) is 5.10 Å². The average Bonchev–Trinajstić information content (AvgIpc) is 3.48. The molecule has 184 valence electrons. The van der Waals surface area contributed by atoms with E-state index in [9.17, 15) is 5.26 Å². The highest BCUT2D eigenvalue weighted by Gasteiger charge is 2.54. The number of nitriles is 1. The number of methoxy groups -OCH3 is 1. The summed E-state index contributed by atoms with van der Waals surface area (Å²) >= 11 is 0. The third-order valence-corrected chi connectivity index (χ3v) is 8.92. The van der Waals surface area contributed by atoms with Crippen molar-refractivity contribution < 1.29 is 9.47 Å². The predicted octanol–water partition coefficient (Wildman–Crippen LogP) is 4.43. The number of H-pyrrole nitrogens is 1. The number of aromatic amines is 1. The fourth-order valence-electron chi connectivity index (χ4n) is 8.00. The fraction of sp³-hybridized carbons (Fsp3) is 0.464. The highest BCUT2D eigenvalue weighted by molar-refractivity contribution is 5.57. The number of ether oxygens (including phenoxy) is 2. The summed E-state index contributed by atoms with van der Waals surface area (Å²) in [5, 5.41) is 23.0. The van der Waals surface area contributed by atoms with Crippen LogP contribution in [0, 0.1) is 29.1 Å². The first-order valence-electron chi connectivity index (χ1n) is 12.9. The minimum absolute atomic E-state index is 0.0308. The second kappa shape index (κ2) is 7.97. The van der Waals surface area contributed by atoms with Gasteiger partial charge >= 0.3 is 0 Å². The van der Waals surface area contributed by atoms with Crippen LogP contribution in [-0.2, 0) is 16.8 Å². The zero-order chi connectivity index (χ0) is 24.4. The number of nitrogens with two attached hydrogens (primary N) is 1. The summed E-state index contributed by atoms with van der Waals surface area (Å²) in [4.78, 5) is 0. The van der Waals surface area contributed by atoms with Gasteiger partial charge in [-0.3, -0.25) is 5.10 Å². The Bertz CT molecular complexity index is 1360. The van der Waals surface area contributed by atoms with Gasteiger partial charge in [0.15, 0.2) is 0 Å². The second-order valence-corrected chi connectivity index (χ2v) is 11.2. The van der Waals surface area contributed by atoms with Crippen LogP contribution in [0.15, 0.2) is 48.0 Å². The number of nitrogens with zero attached hydrogens (tertiary/aromatic N) is 4. The summed E-state index contributed by atoms with van der Waals surface area (Å²) in [5.41, 5.74) is 11.5. The number of fused-ring (bicyclic) bond motifs is 1. The van der Waals surface area contributed by atoms with Crippen LogP contribution in [0.3, 0.4) is 0 Å². The zero-order valence-corrected chi connectivity index (χ0v) is 20.4. The van der Waals surface area contributed by atoms with E-state index >= 15 is 0 Å². The number of rotatable bonds is 5. The molecule has 3 heterocycles. The van der Waals surface area contributed by atoms with Gasteiger partial charge in [-0.2, -0.15) is 10.4 Å². The number of benzene rings is 1. The SMILES string of the molecule is COCc1[nH]nc2c1C(c1cn(-c3ccccc3)nc1C13CC4CC(CC(C4)C1)C3)C(C#N)=C(N)O2. The molecule has 2 aromatic heterocycles. The molecule has 4 bridgehead atoms. The molecule has 8 rings (SSSR count). The molecule has 4 aliphatic carbocycles. The molecule has 0 amide bonds. The Morgan fingerprint density at radius 1 is 1.17 bits per heavy atom. The molecule has 1 aromatic carbocycles. The molecule has 1 atom stereocenters. The number of nitrogens with one attached hydrogen (secondary N) is 1. The fourth-order valence-corrected chi connectivity index (χ4v) is 8.00. The molecule has 8 heteroatoms. The smallest absolute Gasteiger partial charge is 0.244 e. The van der Waals surface area contributed by atoms with Crippen molar-refractivity contribution >= 4 is 0 Å². The lowest BCUT2D eigenvalue weighted by Crippen LogP contribution is -2.49. The van der Waals surface area contributed by atoms with Crippen LogP contribution >= 0.6 is 0 Å². The second-order valence-electron chi connectivity index (χ2n) is 11.2. The lowest BCUT2D eigenvalue weighted by Gasteiger charge is -2.56. The van der Waals surface area contributed by atoms with Crippen LogP contribution in [0.25, 0.3) is 5.69 Å². The quantitative estimate of drug-likeness (QED) is 0.556. The van der Waals surface area contributed by atoms with Crippen LogP contribution in [0.4, 0.5) is 0 Å². The Labute approximate surface area is 210 Å². The molecule has 1 unspecified atom stereocenters. The topological polar surface area (TPSA) is 115 Å². The highest BCUT2D eigenvalue weighted by Crippen LogP contribution is 2.62. The lowest BCUT2D eigenvalue weighted by molar-refractivity contribution is -0.00778. The van der Waals surface area contributed by atoms with Gasteiger partial charge in [0.2, 0.25) is 11.8 Å². The van der Waals surface area contributed by atoms with Gasteiger partial charge in [-0.25, -0.2) is 4.68 Å². The summed E-state index contributed by atoms with van der Waals surface area (Å²) in [6, 6.07) is 12.6. The standard InChI is InChI=1S/C28H30N6O2/c1-35-15-22-24-23(20(13-29)26(30)36-27(24)32-31-22)21-14-34(19-5-3-2-4-6-19)33-25(21)28-10-16-7-17(11-28)9-18(8-16)12-28/h2-6,14,16-18,23H,7-12,15,30H2,1H3,(H,31,32). The number of allylic oxidation sites excluding steroid dienone is 1. The Kier molecular flexibility index (Phi) is 4.80. The molecule has 8 nitrogen and oxygen atoms in total. The normalized spacial score (nSPS) is 30.2. The first-order chi connectivity index (χ1) is 17.6. The third kappa shape index (κ3) is 3.15. The number of para-hydroxylation sites is 1. The van der Waals surface area contributed by atoms with E-state index in [4.69, 9.17) is 20.3 Å². The summed E-state index contributed by atoms with van der Waals surface area (Å²) in [7, 11) is 1.65. The van der Waals surface area contributed by atoms with Crippen molar-refractivity contribution in [2.75, 3.05) is 7.11 Å². The number of aromatic nitrogens is 4. The Hall–Kier alpha value is -3.57. The van der Waals surface area contributed by atoms with Crippen molar-refractivity contribution in [1.82, 2.24) is 20.0 Å². The molecule has 4 saturated carbocycles. The Morgan fingerprint density at radius 3 is 2.50 bits per heavy atom. The Balaban J connectivity index is 1.46. The van der Waals surface area contributed by atoms with Crippen molar-refractivity contribution in [3.8, 4) is 17.6 Å². The van der Waals surface area contributed by atoms with Crippen molar-refractivity contribution in [1.29, 1.82) is 5.26 Å². The average molecular weight is 483 g/mol. The van der Waals surface area contributed by atoms with E-state index < -0.39 is 5.92 Å². The number of hydrogen-bond donors (Lipinski definition) is 2. The van der Waals surface area contributed by atoms with E-state index in [0.29, 0.717) is 18.1 Å². The molecule has 1 aliphatic heterocycles. The van der Waals surface area contributed by atoms with Crippen LogP contribution < -0.4 is 10.5 Å². The van der Waals surface area contributed by atoms with Crippen LogP contribution in [0.2, 0.25) is 0 Å². The van der Waals surface area contributed by atoms with E-state index in [0.717, 1.165) is 46.0 Å². The molecule has 3 aromatic rings. The van der Waals surface area contributed by atoms with Crippen LogP contribution in [0.5, 0.6) is 5.88 Å². The molecular formula is C28H30N6O2. The maximum absolute atomic E-state index is 10.3. The van der Waals surface area contributed by atoms with E-state index in [1.807, 2.05) is 22.9 Å². The molecule has 3 N–H and O–H groups in total. The molecule has 36 heavy (non-hydrogen) atoms. The summed E-state index contributed by atoms with van der Waals surface area (Å²) in [6.45, 7) is 0.334. The minimum atomic E-state index is -0.414. The maximum Gasteiger partial charge on any atom is 0.244 e. The van der Waals surface area contributed by atoms with Crippen molar-refractivity contribution in [2.45, 2.75) is 56.5 Å². The molecule has 5 aliphatic rings. The molecule has 0 saturated heterocycles. The van der Waals surface area contributed by atoms with E-state index in [2.05, 4.69) is 34.6 Å². The van der Waals surface area contributed by atoms with Gasteiger partial charge < -0.3 is 15.2 Å². The third-order valence-electron chi connectivity index (χ3n) is 8.92. The molecule has 4 fully saturated rings.